The number of aromatic nitrogens is 1. The lowest BCUT2D eigenvalue weighted by molar-refractivity contribution is 0.0572. The second-order valence-electron chi connectivity index (χ2n) is 3.84. The van der Waals surface area contributed by atoms with E-state index >= 15 is 0 Å². The Bertz CT molecular complexity index is 445. The lowest BCUT2D eigenvalue weighted by atomic mass is 10.2. The van der Waals surface area contributed by atoms with Gasteiger partial charge >= 0.3 is 0 Å². The number of hydrogen-bond acceptors (Lipinski definition) is 4. The van der Waals surface area contributed by atoms with Gasteiger partial charge in [-0.25, -0.2) is 4.98 Å². The van der Waals surface area contributed by atoms with Crippen LogP contribution >= 0.6 is 23.2 Å². The van der Waals surface area contributed by atoms with Crippen molar-refractivity contribution in [2.24, 2.45) is 0 Å². The summed E-state index contributed by atoms with van der Waals surface area (Å²) in [5.74, 6) is -0.341. The van der Waals surface area contributed by atoms with Gasteiger partial charge in [0.1, 0.15) is 5.15 Å². The second-order valence-corrected chi connectivity index (χ2v) is 4.61. The first-order valence-corrected chi connectivity index (χ1v) is 5.71. The summed E-state index contributed by atoms with van der Waals surface area (Å²) in [5, 5.41) is 19.0. The summed E-state index contributed by atoms with van der Waals surface area (Å²) in [6, 6.07) is 1.41. The first kappa shape index (κ1) is 12.6. The minimum atomic E-state index is -0.908. The normalized spacial score (nSPS) is 24.1. The molecule has 0 aromatic carbocycles. The van der Waals surface area contributed by atoms with Crippen molar-refractivity contribution in [2.75, 3.05) is 13.1 Å². The number of rotatable bonds is 1. The van der Waals surface area contributed by atoms with Gasteiger partial charge in [-0.2, -0.15) is 0 Å². The zero-order chi connectivity index (χ0) is 12.6. The zero-order valence-corrected chi connectivity index (χ0v) is 10.2. The molecule has 0 bridgehead atoms. The molecule has 1 amide bonds. The Morgan fingerprint density at radius 2 is 1.94 bits per heavy atom. The van der Waals surface area contributed by atoms with Crippen molar-refractivity contribution in [3.8, 4) is 0 Å². The summed E-state index contributed by atoms with van der Waals surface area (Å²) in [7, 11) is 0. The van der Waals surface area contributed by atoms with Gasteiger partial charge in [-0.1, -0.05) is 23.2 Å². The third kappa shape index (κ3) is 2.52. The Morgan fingerprint density at radius 3 is 2.47 bits per heavy atom. The summed E-state index contributed by atoms with van der Waals surface area (Å²) in [5.41, 5.74) is 0.278. The van der Waals surface area contributed by atoms with Crippen LogP contribution in [-0.4, -0.2) is 51.3 Å². The predicted octanol–water partition coefficient (Wildman–Crippen LogP) is 0.566. The van der Waals surface area contributed by atoms with Gasteiger partial charge in [0.2, 0.25) is 0 Å². The van der Waals surface area contributed by atoms with Crippen molar-refractivity contribution < 1.29 is 15.0 Å². The second kappa shape index (κ2) is 4.78. The lowest BCUT2D eigenvalue weighted by Gasteiger charge is -2.15. The average molecular weight is 277 g/mol. The molecule has 1 aliphatic heterocycles. The quantitative estimate of drug-likeness (QED) is 0.736. The fourth-order valence-electron chi connectivity index (χ4n) is 1.66. The van der Waals surface area contributed by atoms with E-state index in [9.17, 15) is 15.0 Å². The third-order valence-electron chi connectivity index (χ3n) is 2.59. The summed E-state index contributed by atoms with van der Waals surface area (Å²) in [6.45, 7) is 0.195. The number of aliphatic hydroxyl groups excluding tert-OH is 2. The van der Waals surface area contributed by atoms with E-state index in [1.165, 1.54) is 17.2 Å². The molecule has 0 spiro atoms. The molecule has 1 aromatic heterocycles. The minimum Gasteiger partial charge on any atom is -0.388 e. The highest BCUT2D eigenvalue weighted by Crippen LogP contribution is 2.21. The van der Waals surface area contributed by atoms with E-state index in [1.54, 1.807) is 0 Å². The van der Waals surface area contributed by atoms with Gasteiger partial charge in [0, 0.05) is 19.3 Å². The van der Waals surface area contributed by atoms with E-state index in [0.717, 1.165) is 0 Å². The van der Waals surface area contributed by atoms with Crippen LogP contribution in [0.5, 0.6) is 0 Å². The average Bonchev–Trinajstić information content (AvgIpc) is 2.62. The molecule has 2 rings (SSSR count). The van der Waals surface area contributed by atoms with Gasteiger partial charge in [-0.05, 0) is 6.07 Å². The van der Waals surface area contributed by atoms with Crippen molar-refractivity contribution in [3.05, 3.63) is 28.0 Å². The van der Waals surface area contributed by atoms with Crippen LogP contribution in [0.2, 0.25) is 10.2 Å². The molecule has 7 heteroatoms. The van der Waals surface area contributed by atoms with E-state index in [-0.39, 0.29) is 34.7 Å². The van der Waals surface area contributed by atoms with Crippen LogP contribution in [0.1, 0.15) is 10.4 Å². The molecule has 0 aliphatic carbocycles. The van der Waals surface area contributed by atoms with E-state index in [2.05, 4.69) is 4.98 Å². The topological polar surface area (TPSA) is 73.7 Å². The molecule has 0 saturated carbocycles. The lowest BCUT2D eigenvalue weighted by Crippen LogP contribution is -2.29. The van der Waals surface area contributed by atoms with Gasteiger partial charge in [0.05, 0.1) is 22.8 Å². The van der Waals surface area contributed by atoms with Gasteiger partial charge in [0.25, 0.3) is 5.91 Å². The maximum Gasteiger partial charge on any atom is 0.255 e. The van der Waals surface area contributed by atoms with E-state index in [4.69, 9.17) is 23.2 Å². The number of amides is 1. The summed E-state index contributed by atoms with van der Waals surface area (Å²) >= 11 is 11.4. The van der Waals surface area contributed by atoms with Crippen LogP contribution < -0.4 is 0 Å². The highest BCUT2D eigenvalue weighted by atomic mass is 35.5. The Hall–Kier alpha value is -0.880. The van der Waals surface area contributed by atoms with E-state index in [1.807, 2.05) is 0 Å². The zero-order valence-electron chi connectivity index (χ0n) is 8.68. The van der Waals surface area contributed by atoms with Crippen LogP contribution in [0.25, 0.3) is 0 Å². The molecule has 17 heavy (non-hydrogen) atoms. The molecule has 1 aliphatic rings. The number of pyridine rings is 1. The molecular weight excluding hydrogens is 267 g/mol. The molecule has 92 valence electrons. The van der Waals surface area contributed by atoms with Crippen LogP contribution in [0, 0.1) is 0 Å². The molecule has 1 fully saturated rings. The Kier molecular flexibility index (Phi) is 3.53. The first-order chi connectivity index (χ1) is 7.99. The number of aliphatic hydroxyl groups is 2. The molecule has 2 atom stereocenters. The van der Waals surface area contributed by atoms with Gasteiger partial charge in [-0.15, -0.1) is 0 Å². The molecule has 5 nitrogen and oxygen atoms in total. The summed E-state index contributed by atoms with van der Waals surface area (Å²) < 4.78 is 0. The first-order valence-electron chi connectivity index (χ1n) is 4.95. The molecule has 1 saturated heterocycles. The fraction of sp³-hybridized carbons (Fsp3) is 0.400. The van der Waals surface area contributed by atoms with Gasteiger partial charge in [0.15, 0.2) is 0 Å². The van der Waals surface area contributed by atoms with Crippen LogP contribution in [-0.2, 0) is 0 Å². The third-order valence-corrected chi connectivity index (χ3v) is 3.28. The molecule has 2 unspecified atom stereocenters. The van der Waals surface area contributed by atoms with Crippen molar-refractivity contribution >= 4 is 29.1 Å². The SMILES string of the molecule is O=C(c1cnc(Cl)c(Cl)c1)N1CC(O)C(O)C1. The number of nitrogens with zero attached hydrogens (tertiary/aromatic N) is 2. The number of hydrogen-bond donors (Lipinski definition) is 2. The monoisotopic (exact) mass is 276 g/mol. The fourth-order valence-corrected chi connectivity index (χ4v) is 1.93. The minimum absolute atomic E-state index is 0.0975. The highest BCUT2D eigenvalue weighted by molar-refractivity contribution is 6.41. The van der Waals surface area contributed by atoms with Gasteiger partial charge in [-0.3, -0.25) is 4.79 Å². The van der Waals surface area contributed by atoms with Crippen molar-refractivity contribution in [1.82, 2.24) is 9.88 Å². The Balaban J connectivity index is 2.17. The molecule has 1 aromatic rings. The molecule has 2 heterocycles. The number of carbonyl (C=O) groups is 1. The van der Waals surface area contributed by atoms with E-state index in [0.29, 0.717) is 0 Å². The van der Waals surface area contributed by atoms with Crippen molar-refractivity contribution in [3.63, 3.8) is 0 Å². The number of β-amino-alcohol motifs (C(OH)–C–C–N with tert-alkyl or cyclic N) is 2. The number of likely N-dealkylation sites (tertiary alicyclic amines) is 1. The van der Waals surface area contributed by atoms with E-state index < -0.39 is 12.2 Å². The van der Waals surface area contributed by atoms with Crippen molar-refractivity contribution in [2.45, 2.75) is 12.2 Å². The molecule has 0 radical (unpaired) electrons. The molecular formula is C10H10Cl2N2O3. The number of halogens is 2. The Labute approximate surface area is 108 Å². The van der Waals surface area contributed by atoms with Crippen LogP contribution in [0.3, 0.4) is 0 Å². The largest absolute Gasteiger partial charge is 0.388 e. The molecule has 2 N–H and O–H groups in total. The summed E-state index contributed by atoms with van der Waals surface area (Å²) in [4.78, 5) is 17.1. The van der Waals surface area contributed by atoms with Crippen LogP contribution in [0.4, 0.5) is 0 Å². The predicted molar refractivity (Wildman–Crippen MR) is 62.2 cm³/mol. The standard InChI is InChI=1S/C10H10Cl2N2O3/c11-6-1-5(2-13-9(6)12)10(17)14-3-7(15)8(16)4-14/h1-2,7-8,15-16H,3-4H2. The van der Waals surface area contributed by atoms with Gasteiger partial charge < -0.3 is 15.1 Å². The maximum atomic E-state index is 12.0. The Morgan fingerprint density at radius 1 is 1.35 bits per heavy atom. The van der Waals surface area contributed by atoms with Crippen LogP contribution in [0.15, 0.2) is 12.3 Å². The van der Waals surface area contributed by atoms with Crippen molar-refractivity contribution in [1.29, 1.82) is 0 Å². The number of carbonyl (C=O) groups excluding carboxylic acids is 1. The maximum absolute atomic E-state index is 12.0. The smallest absolute Gasteiger partial charge is 0.255 e. The highest BCUT2D eigenvalue weighted by Gasteiger charge is 2.33. The summed E-state index contributed by atoms with van der Waals surface area (Å²) in [6.07, 6.45) is -0.502.